The third-order valence-corrected chi connectivity index (χ3v) is 1.95. The minimum atomic E-state index is 0.00634. The predicted octanol–water partition coefficient (Wildman–Crippen LogP) is -0.439. The van der Waals surface area contributed by atoms with Gasteiger partial charge in [-0.3, -0.25) is 4.79 Å². The van der Waals surface area contributed by atoms with Gasteiger partial charge in [-0.25, -0.2) is 0 Å². The summed E-state index contributed by atoms with van der Waals surface area (Å²) in [5.41, 5.74) is 0.723. The first-order valence-electron chi connectivity index (χ1n) is 4.82. The fraction of sp³-hybridized carbons (Fsp3) is 0.364. The summed E-state index contributed by atoms with van der Waals surface area (Å²) in [6.07, 6.45) is 0. The number of benzene rings is 1. The molecule has 0 aliphatic carbocycles. The van der Waals surface area contributed by atoms with Crippen LogP contribution in [0.3, 0.4) is 0 Å². The summed E-state index contributed by atoms with van der Waals surface area (Å²) in [4.78, 5) is 12.8. The van der Waals surface area contributed by atoms with Gasteiger partial charge in [-0.15, -0.1) is 0 Å². The second kappa shape index (κ2) is 5.40. The molecule has 1 aromatic rings. The highest BCUT2D eigenvalue weighted by atomic mass is 16.1. The van der Waals surface area contributed by atoms with Crippen molar-refractivity contribution in [1.29, 1.82) is 0 Å². The van der Waals surface area contributed by atoms with E-state index >= 15 is 0 Å². The van der Waals surface area contributed by atoms with Crippen molar-refractivity contribution < 1.29 is 9.69 Å². The topological polar surface area (TPSA) is 33.5 Å². The zero-order chi connectivity index (χ0) is 10.4. The Labute approximate surface area is 84.7 Å². The molecule has 1 aromatic carbocycles. The average molecular weight is 193 g/mol. The van der Waals surface area contributed by atoms with Crippen molar-refractivity contribution in [3.63, 3.8) is 0 Å². The van der Waals surface area contributed by atoms with Crippen LogP contribution in [0.2, 0.25) is 0 Å². The van der Waals surface area contributed by atoms with E-state index in [9.17, 15) is 4.79 Å². The first-order chi connectivity index (χ1) is 6.70. The molecule has 0 aliphatic heterocycles. The van der Waals surface area contributed by atoms with Crippen LogP contribution in [0.25, 0.3) is 0 Å². The van der Waals surface area contributed by atoms with Gasteiger partial charge in [0.15, 0.2) is 0 Å². The average Bonchev–Trinajstić information content (AvgIpc) is 2.18. The molecule has 0 radical (unpaired) electrons. The smallest absolute Gasteiger partial charge is 0.251 e. The quantitative estimate of drug-likeness (QED) is 0.668. The first kappa shape index (κ1) is 10.7. The fourth-order valence-corrected chi connectivity index (χ4v) is 1.12. The summed E-state index contributed by atoms with van der Waals surface area (Å²) < 4.78 is 0. The molecule has 0 heterocycles. The van der Waals surface area contributed by atoms with Crippen molar-refractivity contribution in [2.24, 2.45) is 0 Å². The molecule has 0 spiro atoms. The van der Waals surface area contributed by atoms with Gasteiger partial charge in [0.2, 0.25) is 0 Å². The van der Waals surface area contributed by atoms with Crippen molar-refractivity contribution in [2.45, 2.75) is 0 Å². The number of likely N-dealkylation sites (N-methyl/N-ethyl adjacent to an activating group) is 1. The Balaban J connectivity index is 2.36. The molecule has 0 aromatic heterocycles. The fourth-order valence-electron chi connectivity index (χ4n) is 1.12. The highest BCUT2D eigenvalue weighted by Gasteiger charge is 2.03. The Morgan fingerprint density at radius 2 is 1.93 bits per heavy atom. The SMILES string of the molecule is C[NH+](C)CCNC(=O)c1ccccc1. The van der Waals surface area contributed by atoms with Crippen LogP contribution in [-0.4, -0.2) is 33.1 Å². The van der Waals surface area contributed by atoms with Gasteiger partial charge in [-0.05, 0) is 12.1 Å². The molecule has 14 heavy (non-hydrogen) atoms. The molecule has 0 bridgehead atoms. The van der Waals surface area contributed by atoms with Crippen LogP contribution in [-0.2, 0) is 0 Å². The Bertz CT molecular complexity index is 283. The Morgan fingerprint density at radius 3 is 2.50 bits per heavy atom. The summed E-state index contributed by atoms with van der Waals surface area (Å²) in [6.45, 7) is 1.66. The summed E-state index contributed by atoms with van der Waals surface area (Å²) in [5.74, 6) is 0.00634. The maximum atomic E-state index is 11.5. The summed E-state index contributed by atoms with van der Waals surface area (Å²) in [5, 5.41) is 2.87. The van der Waals surface area contributed by atoms with Crippen LogP contribution in [0.4, 0.5) is 0 Å². The molecule has 0 unspecified atom stereocenters. The van der Waals surface area contributed by atoms with Gasteiger partial charge in [0.1, 0.15) is 0 Å². The second-order valence-electron chi connectivity index (χ2n) is 3.58. The standard InChI is InChI=1S/C11H16N2O/c1-13(2)9-8-12-11(14)10-6-4-3-5-7-10/h3-7H,8-9H2,1-2H3,(H,12,14)/p+1. The van der Waals surface area contributed by atoms with Gasteiger partial charge in [0.25, 0.3) is 5.91 Å². The van der Waals surface area contributed by atoms with Crippen molar-refractivity contribution in [1.82, 2.24) is 5.32 Å². The second-order valence-corrected chi connectivity index (χ2v) is 3.58. The van der Waals surface area contributed by atoms with Crippen molar-refractivity contribution in [3.8, 4) is 0 Å². The maximum absolute atomic E-state index is 11.5. The first-order valence-corrected chi connectivity index (χ1v) is 4.82. The highest BCUT2D eigenvalue weighted by Crippen LogP contribution is 1.96. The van der Waals surface area contributed by atoms with Gasteiger partial charge in [-0.2, -0.15) is 0 Å². The van der Waals surface area contributed by atoms with E-state index in [1.807, 2.05) is 30.3 Å². The predicted molar refractivity (Wildman–Crippen MR) is 56.5 cm³/mol. The monoisotopic (exact) mass is 193 g/mol. The number of rotatable bonds is 4. The molecular weight excluding hydrogens is 176 g/mol. The largest absolute Gasteiger partial charge is 0.346 e. The summed E-state index contributed by atoms with van der Waals surface area (Å²) >= 11 is 0. The molecule has 0 saturated heterocycles. The molecule has 0 saturated carbocycles. The van der Waals surface area contributed by atoms with E-state index in [1.165, 1.54) is 4.90 Å². The van der Waals surface area contributed by atoms with E-state index in [4.69, 9.17) is 0 Å². The van der Waals surface area contributed by atoms with Gasteiger partial charge in [0.05, 0.1) is 27.2 Å². The third-order valence-electron chi connectivity index (χ3n) is 1.95. The molecule has 0 fully saturated rings. The molecule has 1 amide bonds. The molecule has 76 valence electrons. The van der Waals surface area contributed by atoms with E-state index in [0.717, 1.165) is 18.7 Å². The van der Waals surface area contributed by atoms with Gasteiger partial charge < -0.3 is 10.2 Å². The zero-order valence-electron chi connectivity index (χ0n) is 8.71. The lowest BCUT2D eigenvalue weighted by Gasteiger charge is -2.08. The molecule has 0 atom stereocenters. The Hall–Kier alpha value is -1.35. The van der Waals surface area contributed by atoms with Gasteiger partial charge in [-0.1, -0.05) is 18.2 Å². The van der Waals surface area contributed by atoms with E-state index in [1.54, 1.807) is 0 Å². The zero-order valence-corrected chi connectivity index (χ0v) is 8.71. The van der Waals surface area contributed by atoms with Crippen LogP contribution in [0, 0.1) is 0 Å². The van der Waals surface area contributed by atoms with Crippen molar-refractivity contribution in [3.05, 3.63) is 35.9 Å². The van der Waals surface area contributed by atoms with Gasteiger partial charge >= 0.3 is 0 Å². The van der Waals surface area contributed by atoms with Crippen LogP contribution >= 0.6 is 0 Å². The van der Waals surface area contributed by atoms with Crippen molar-refractivity contribution >= 4 is 5.91 Å². The number of hydrogen-bond donors (Lipinski definition) is 2. The number of carbonyl (C=O) groups is 1. The lowest BCUT2D eigenvalue weighted by molar-refractivity contribution is -0.856. The van der Waals surface area contributed by atoms with Crippen LogP contribution in [0.15, 0.2) is 30.3 Å². The van der Waals surface area contributed by atoms with Crippen LogP contribution < -0.4 is 10.2 Å². The molecule has 3 heteroatoms. The molecular formula is C11H17N2O+. The number of nitrogens with one attached hydrogen (secondary N) is 2. The lowest BCUT2D eigenvalue weighted by Crippen LogP contribution is -3.06. The molecule has 2 N–H and O–H groups in total. The minimum Gasteiger partial charge on any atom is -0.346 e. The Kier molecular flexibility index (Phi) is 4.13. The van der Waals surface area contributed by atoms with Crippen LogP contribution in [0.1, 0.15) is 10.4 Å². The van der Waals surface area contributed by atoms with Crippen molar-refractivity contribution in [2.75, 3.05) is 27.2 Å². The number of carbonyl (C=O) groups excluding carboxylic acids is 1. The molecule has 0 aliphatic rings. The summed E-state index contributed by atoms with van der Waals surface area (Å²) in [6, 6.07) is 9.27. The number of amides is 1. The molecule has 1 rings (SSSR count). The highest BCUT2D eigenvalue weighted by molar-refractivity contribution is 5.94. The minimum absolute atomic E-state index is 0.00634. The van der Waals surface area contributed by atoms with Gasteiger partial charge in [0, 0.05) is 5.56 Å². The normalized spacial score (nSPS) is 10.2. The molecule has 3 nitrogen and oxygen atoms in total. The number of quaternary nitrogens is 1. The maximum Gasteiger partial charge on any atom is 0.251 e. The summed E-state index contributed by atoms with van der Waals surface area (Å²) in [7, 11) is 4.13. The third kappa shape index (κ3) is 3.58. The van der Waals surface area contributed by atoms with E-state index in [-0.39, 0.29) is 5.91 Å². The van der Waals surface area contributed by atoms with E-state index < -0.39 is 0 Å². The van der Waals surface area contributed by atoms with Crippen LogP contribution in [0.5, 0.6) is 0 Å². The number of hydrogen-bond acceptors (Lipinski definition) is 1. The lowest BCUT2D eigenvalue weighted by atomic mass is 10.2. The van der Waals surface area contributed by atoms with E-state index in [2.05, 4.69) is 19.4 Å². The van der Waals surface area contributed by atoms with E-state index in [0.29, 0.717) is 0 Å². The Morgan fingerprint density at radius 1 is 1.29 bits per heavy atom.